The Hall–Kier alpha value is -2.29. The summed E-state index contributed by atoms with van der Waals surface area (Å²) in [5, 5.41) is 10.0. The van der Waals surface area contributed by atoms with Gasteiger partial charge in [-0.1, -0.05) is 17.7 Å². The average Bonchev–Trinajstić information content (AvgIpc) is 2.65. The molecule has 0 spiro atoms. The molecule has 0 bridgehead atoms. The number of nitriles is 1. The molecule has 1 aromatic rings. The van der Waals surface area contributed by atoms with Crippen molar-refractivity contribution in [3.63, 3.8) is 0 Å². The van der Waals surface area contributed by atoms with E-state index in [2.05, 4.69) is 31.7 Å². The zero-order valence-electron chi connectivity index (χ0n) is 16.2. The topological polar surface area (TPSA) is 56.6 Å². The van der Waals surface area contributed by atoms with Gasteiger partial charge in [-0.25, -0.2) is 0 Å². The highest BCUT2D eigenvalue weighted by Crippen LogP contribution is 2.40. The zero-order chi connectivity index (χ0) is 19.8. The molecule has 27 heavy (non-hydrogen) atoms. The van der Waals surface area contributed by atoms with E-state index in [1.807, 2.05) is 25.2 Å². The lowest BCUT2D eigenvalue weighted by Gasteiger charge is -2.40. The number of hydrogen-bond donors (Lipinski definition) is 0. The SMILES string of the molecule is CC1=CC(C)(C)N(C)c2cc(Cl)c(/C=C(/C#N)C(=O)N3CCOCC3)cc21. The average molecular weight is 386 g/mol. The lowest BCUT2D eigenvalue weighted by atomic mass is 9.88. The fraction of sp³-hybridized carbons (Fsp3) is 0.429. The molecule has 0 saturated carbocycles. The summed E-state index contributed by atoms with van der Waals surface area (Å²) in [7, 11) is 2.04. The number of fused-ring (bicyclic) bond motifs is 1. The van der Waals surface area contributed by atoms with Crippen LogP contribution in [0.4, 0.5) is 5.69 Å². The zero-order valence-corrected chi connectivity index (χ0v) is 16.9. The molecule has 142 valence electrons. The number of halogens is 1. The molecule has 0 aliphatic carbocycles. The molecule has 5 nitrogen and oxygen atoms in total. The van der Waals surface area contributed by atoms with Gasteiger partial charge in [0.1, 0.15) is 11.6 Å². The molecule has 0 aromatic heterocycles. The molecule has 0 unspecified atom stereocenters. The third-order valence-electron chi connectivity index (χ3n) is 5.28. The molecule has 6 heteroatoms. The van der Waals surface area contributed by atoms with E-state index in [0.29, 0.717) is 36.9 Å². The van der Waals surface area contributed by atoms with Crippen molar-refractivity contribution < 1.29 is 9.53 Å². The maximum absolute atomic E-state index is 12.7. The maximum Gasteiger partial charge on any atom is 0.264 e. The fourth-order valence-electron chi connectivity index (χ4n) is 3.53. The molecular weight excluding hydrogens is 362 g/mol. The second kappa shape index (κ2) is 7.38. The van der Waals surface area contributed by atoms with E-state index in [1.54, 1.807) is 11.0 Å². The predicted molar refractivity (Wildman–Crippen MR) is 109 cm³/mol. The highest BCUT2D eigenvalue weighted by Gasteiger charge is 2.29. The van der Waals surface area contributed by atoms with E-state index in [0.717, 1.165) is 16.8 Å². The van der Waals surface area contributed by atoms with Gasteiger partial charge in [0, 0.05) is 36.4 Å². The first-order valence-corrected chi connectivity index (χ1v) is 9.38. The molecular formula is C21H24ClN3O2. The standard InChI is InChI=1S/C21H24ClN3O2/c1-14-12-21(2,3)24(4)19-11-18(22)15(10-17(14)19)9-16(13-23)20(26)25-5-7-27-8-6-25/h9-12H,5-8H2,1-4H3/b16-9-. The Morgan fingerprint density at radius 1 is 1.33 bits per heavy atom. The Morgan fingerprint density at radius 2 is 2.00 bits per heavy atom. The number of allylic oxidation sites excluding steroid dienone is 1. The van der Waals surface area contributed by atoms with Gasteiger partial charge in [0.15, 0.2) is 0 Å². The Labute approximate surface area is 165 Å². The molecule has 1 aromatic carbocycles. The van der Waals surface area contributed by atoms with Crippen molar-refractivity contribution in [2.24, 2.45) is 0 Å². The van der Waals surface area contributed by atoms with Crippen molar-refractivity contribution in [3.05, 3.63) is 39.9 Å². The highest BCUT2D eigenvalue weighted by molar-refractivity contribution is 6.32. The van der Waals surface area contributed by atoms with Crippen LogP contribution in [0.5, 0.6) is 0 Å². The number of carbonyl (C=O) groups excluding carboxylic acids is 1. The van der Waals surface area contributed by atoms with E-state index in [1.165, 1.54) is 0 Å². The van der Waals surface area contributed by atoms with Crippen LogP contribution in [0, 0.1) is 11.3 Å². The van der Waals surface area contributed by atoms with Crippen molar-refractivity contribution in [3.8, 4) is 6.07 Å². The van der Waals surface area contributed by atoms with Gasteiger partial charge >= 0.3 is 0 Å². The fourth-order valence-corrected chi connectivity index (χ4v) is 3.74. The van der Waals surface area contributed by atoms with Crippen LogP contribution in [0.25, 0.3) is 11.6 Å². The summed E-state index contributed by atoms with van der Waals surface area (Å²) >= 11 is 6.51. The Kier molecular flexibility index (Phi) is 5.32. The van der Waals surface area contributed by atoms with Crippen LogP contribution in [0.2, 0.25) is 5.02 Å². The van der Waals surface area contributed by atoms with E-state index < -0.39 is 0 Å². The van der Waals surface area contributed by atoms with Gasteiger partial charge in [-0.15, -0.1) is 0 Å². The Bertz CT molecular complexity index is 874. The van der Waals surface area contributed by atoms with E-state index in [9.17, 15) is 10.1 Å². The number of amides is 1. The number of likely N-dealkylation sites (N-methyl/N-ethyl adjacent to an activating group) is 1. The summed E-state index contributed by atoms with van der Waals surface area (Å²) in [5.74, 6) is -0.278. The van der Waals surface area contributed by atoms with Crippen LogP contribution in [-0.2, 0) is 9.53 Å². The summed E-state index contributed by atoms with van der Waals surface area (Å²) in [5.41, 5.74) is 3.91. The number of rotatable bonds is 2. The summed E-state index contributed by atoms with van der Waals surface area (Å²) in [4.78, 5) is 16.5. The largest absolute Gasteiger partial charge is 0.378 e. The minimum atomic E-state index is -0.278. The molecule has 2 aliphatic rings. The maximum atomic E-state index is 12.7. The van der Waals surface area contributed by atoms with Crippen molar-refractivity contribution in [1.29, 1.82) is 5.26 Å². The van der Waals surface area contributed by atoms with Crippen LogP contribution in [-0.4, -0.2) is 49.7 Å². The molecule has 1 amide bonds. The third kappa shape index (κ3) is 3.73. The summed E-state index contributed by atoms with van der Waals surface area (Å²) in [6.45, 7) is 8.35. The molecule has 0 radical (unpaired) electrons. The predicted octanol–water partition coefficient (Wildman–Crippen LogP) is 3.74. The molecule has 1 saturated heterocycles. The summed E-state index contributed by atoms with van der Waals surface area (Å²) in [6, 6.07) is 5.90. The van der Waals surface area contributed by atoms with Gasteiger partial charge in [-0.05, 0) is 50.1 Å². The van der Waals surface area contributed by atoms with Crippen molar-refractivity contribution in [2.45, 2.75) is 26.3 Å². The second-order valence-corrected chi connectivity index (χ2v) is 7.91. The summed E-state index contributed by atoms with van der Waals surface area (Å²) < 4.78 is 5.27. The van der Waals surface area contributed by atoms with E-state index in [4.69, 9.17) is 16.3 Å². The quantitative estimate of drug-likeness (QED) is 0.574. The third-order valence-corrected chi connectivity index (χ3v) is 5.61. The number of anilines is 1. The van der Waals surface area contributed by atoms with Crippen LogP contribution in [0.3, 0.4) is 0 Å². The van der Waals surface area contributed by atoms with Gasteiger partial charge in [0.05, 0.1) is 18.8 Å². The first kappa shape index (κ1) is 19.5. The van der Waals surface area contributed by atoms with Crippen LogP contribution in [0.15, 0.2) is 23.8 Å². The monoisotopic (exact) mass is 385 g/mol. The lowest BCUT2D eigenvalue weighted by molar-refractivity contribution is -0.130. The van der Waals surface area contributed by atoms with Gasteiger partial charge in [0.25, 0.3) is 5.91 Å². The second-order valence-electron chi connectivity index (χ2n) is 7.51. The minimum absolute atomic E-state index is 0.0878. The van der Waals surface area contributed by atoms with Crippen LogP contribution >= 0.6 is 11.6 Å². The van der Waals surface area contributed by atoms with Crippen molar-refractivity contribution >= 4 is 34.8 Å². The van der Waals surface area contributed by atoms with Gasteiger partial charge in [0.2, 0.25) is 0 Å². The smallest absolute Gasteiger partial charge is 0.264 e. The first-order valence-electron chi connectivity index (χ1n) is 9.00. The van der Waals surface area contributed by atoms with Gasteiger partial charge in [-0.2, -0.15) is 5.26 Å². The number of nitrogens with zero attached hydrogens (tertiary/aromatic N) is 3. The molecule has 0 atom stereocenters. The minimum Gasteiger partial charge on any atom is -0.378 e. The molecule has 1 fully saturated rings. The Morgan fingerprint density at radius 3 is 2.63 bits per heavy atom. The number of carbonyl (C=O) groups is 1. The lowest BCUT2D eigenvalue weighted by Crippen LogP contribution is -2.42. The first-order chi connectivity index (χ1) is 12.7. The van der Waals surface area contributed by atoms with E-state index in [-0.39, 0.29) is 17.0 Å². The normalized spacial score (nSPS) is 19.3. The van der Waals surface area contributed by atoms with Crippen LogP contribution < -0.4 is 4.90 Å². The van der Waals surface area contributed by atoms with Gasteiger partial charge in [-0.3, -0.25) is 4.79 Å². The molecule has 3 rings (SSSR count). The van der Waals surface area contributed by atoms with Crippen molar-refractivity contribution in [2.75, 3.05) is 38.3 Å². The molecule has 2 aliphatic heterocycles. The summed E-state index contributed by atoms with van der Waals surface area (Å²) in [6.07, 6.45) is 3.80. The number of ether oxygens (including phenoxy) is 1. The van der Waals surface area contributed by atoms with E-state index >= 15 is 0 Å². The number of benzene rings is 1. The molecule has 2 heterocycles. The van der Waals surface area contributed by atoms with Crippen molar-refractivity contribution in [1.82, 2.24) is 4.90 Å². The number of hydrogen-bond acceptors (Lipinski definition) is 4. The molecule has 0 N–H and O–H groups in total. The van der Waals surface area contributed by atoms with Crippen LogP contribution in [0.1, 0.15) is 31.9 Å². The van der Waals surface area contributed by atoms with Gasteiger partial charge < -0.3 is 14.5 Å². The Balaban J connectivity index is 2.00. The number of morpholine rings is 1. The highest BCUT2D eigenvalue weighted by atomic mass is 35.5.